The van der Waals surface area contributed by atoms with Crippen LogP contribution in [0.4, 0.5) is 0 Å². The van der Waals surface area contributed by atoms with Gasteiger partial charge in [0.25, 0.3) is 5.91 Å². The van der Waals surface area contributed by atoms with Gasteiger partial charge in [0.15, 0.2) is 0 Å². The summed E-state index contributed by atoms with van der Waals surface area (Å²) in [5.74, 6) is -0.510. The smallest absolute Gasteiger partial charge is 0.316 e. The van der Waals surface area contributed by atoms with Crippen LogP contribution in [0.1, 0.15) is 22.8 Å². The standard InChI is InChI=1S/C23H21Br2NO3/c1-2-29-21(28)22(15-16-9-5-3-6-10-16)13-14-26(19-18(22)23(19,24)25)20(27)17-11-7-4-8-12-17/h3-14,18-19H,2,15H2,1H3/t18-,19+,22-/m0/s1. The van der Waals surface area contributed by atoms with Gasteiger partial charge in [-0.3, -0.25) is 9.59 Å². The number of hydrogen-bond donors (Lipinski definition) is 0. The number of carbonyl (C=O) groups excluding carboxylic acids is 2. The molecule has 0 radical (unpaired) electrons. The lowest BCUT2D eigenvalue weighted by Crippen LogP contribution is -2.43. The average Bonchev–Trinajstić information content (AvgIpc) is 3.32. The molecule has 2 aromatic carbocycles. The average molecular weight is 519 g/mol. The molecule has 1 aliphatic heterocycles. The largest absolute Gasteiger partial charge is 0.465 e. The second-order valence-electron chi connectivity index (χ2n) is 7.41. The molecule has 2 aromatic rings. The Balaban J connectivity index is 1.74. The molecule has 1 amide bonds. The Morgan fingerprint density at radius 2 is 1.66 bits per heavy atom. The second kappa shape index (κ2) is 7.73. The van der Waals surface area contributed by atoms with Crippen molar-refractivity contribution >= 4 is 43.7 Å². The van der Waals surface area contributed by atoms with E-state index in [0.29, 0.717) is 18.6 Å². The zero-order valence-corrected chi connectivity index (χ0v) is 19.1. The van der Waals surface area contributed by atoms with Crippen molar-refractivity contribution in [3.63, 3.8) is 0 Å². The molecule has 1 saturated carbocycles. The molecule has 0 saturated heterocycles. The van der Waals surface area contributed by atoms with Crippen molar-refractivity contribution in [2.45, 2.75) is 22.6 Å². The monoisotopic (exact) mass is 517 g/mol. The normalized spacial score (nSPS) is 26.5. The van der Waals surface area contributed by atoms with Crippen LogP contribution in [0.25, 0.3) is 0 Å². The van der Waals surface area contributed by atoms with E-state index in [0.717, 1.165) is 5.56 Å². The first-order valence-corrected chi connectivity index (χ1v) is 11.2. The van der Waals surface area contributed by atoms with Gasteiger partial charge in [0.1, 0.15) is 3.23 Å². The van der Waals surface area contributed by atoms with E-state index in [1.54, 1.807) is 23.2 Å². The van der Waals surface area contributed by atoms with E-state index < -0.39 is 8.65 Å². The number of alkyl halides is 2. The predicted molar refractivity (Wildman–Crippen MR) is 119 cm³/mol. The van der Waals surface area contributed by atoms with Crippen molar-refractivity contribution in [3.8, 4) is 0 Å². The molecule has 150 valence electrons. The van der Waals surface area contributed by atoms with Gasteiger partial charge in [-0.15, -0.1) is 0 Å². The highest BCUT2D eigenvalue weighted by Crippen LogP contribution is 2.69. The van der Waals surface area contributed by atoms with Crippen molar-refractivity contribution in [2.75, 3.05) is 6.61 Å². The highest BCUT2D eigenvalue weighted by Gasteiger charge is 2.75. The third-order valence-electron chi connectivity index (χ3n) is 5.65. The summed E-state index contributed by atoms with van der Waals surface area (Å²) >= 11 is 7.49. The molecular weight excluding hydrogens is 498 g/mol. The Bertz CT molecular complexity index is 945. The molecule has 0 aromatic heterocycles. The zero-order valence-electron chi connectivity index (χ0n) is 15.9. The first kappa shape index (κ1) is 20.4. The maximum Gasteiger partial charge on any atom is 0.316 e. The van der Waals surface area contributed by atoms with Crippen LogP contribution in [0.5, 0.6) is 0 Å². The number of nitrogens with zero attached hydrogens (tertiary/aromatic N) is 1. The molecule has 0 unspecified atom stereocenters. The van der Waals surface area contributed by atoms with Crippen LogP contribution < -0.4 is 0 Å². The van der Waals surface area contributed by atoms with Crippen LogP contribution in [0.2, 0.25) is 0 Å². The summed E-state index contributed by atoms with van der Waals surface area (Å²) in [6.45, 7) is 2.12. The van der Waals surface area contributed by atoms with E-state index in [4.69, 9.17) is 4.74 Å². The Hall–Kier alpha value is -1.92. The number of carbonyl (C=O) groups is 2. The molecule has 4 rings (SSSR count). The van der Waals surface area contributed by atoms with E-state index in [2.05, 4.69) is 31.9 Å². The summed E-state index contributed by atoms with van der Waals surface area (Å²) < 4.78 is 4.93. The van der Waals surface area contributed by atoms with Gasteiger partial charge >= 0.3 is 5.97 Å². The lowest BCUT2D eigenvalue weighted by Gasteiger charge is -2.34. The van der Waals surface area contributed by atoms with E-state index >= 15 is 0 Å². The second-order valence-corrected chi connectivity index (χ2v) is 11.1. The van der Waals surface area contributed by atoms with Crippen molar-refractivity contribution in [3.05, 3.63) is 84.1 Å². The molecule has 1 aliphatic carbocycles. The maximum absolute atomic E-state index is 13.2. The number of esters is 1. The zero-order chi connectivity index (χ0) is 20.6. The van der Waals surface area contributed by atoms with E-state index in [9.17, 15) is 9.59 Å². The maximum atomic E-state index is 13.2. The van der Waals surface area contributed by atoms with Crippen molar-refractivity contribution in [1.82, 2.24) is 4.90 Å². The molecule has 0 bridgehead atoms. The number of amides is 1. The predicted octanol–water partition coefficient (Wildman–Crippen LogP) is 4.93. The number of fused-ring (bicyclic) bond motifs is 1. The molecule has 6 heteroatoms. The van der Waals surface area contributed by atoms with Gasteiger partial charge < -0.3 is 9.64 Å². The highest BCUT2D eigenvalue weighted by molar-refractivity contribution is 9.25. The number of halogens is 2. The van der Waals surface area contributed by atoms with Crippen molar-refractivity contribution in [1.29, 1.82) is 0 Å². The number of hydrogen-bond acceptors (Lipinski definition) is 3. The summed E-state index contributed by atoms with van der Waals surface area (Å²) in [6.07, 6.45) is 4.11. The van der Waals surface area contributed by atoms with E-state index in [-0.39, 0.29) is 23.8 Å². The summed E-state index contributed by atoms with van der Waals surface area (Å²) in [5, 5.41) is 0. The SMILES string of the molecule is CCOC(=O)[C@]1(Cc2ccccc2)C=CN(C(=O)c2ccccc2)[C@@H]2[C@@H]1C2(Br)Br. The Morgan fingerprint density at radius 3 is 2.28 bits per heavy atom. The fourth-order valence-corrected chi connectivity index (χ4v) is 6.27. The van der Waals surface area contributed by atoms with Gasteiger partial charge in [0.05, 0.1) is 18.1 Å². The number of benzene rings is 2. The summed E-state index contributed by atoms with van der Waals surface area (Å²) in [5.41, 5.74) is 0.808. The van der Waals surface area contributed by atoms with Crippen molar-refractivity contribution in [2.24, 2.45) is 11.3 Å². The van der Waals surface area contributed by atoms with Crippen LogP contribution in [-0.2, 0) is 16.0 Å². The van der Waals surface area contributed by atoms with Gasteiger partial charge in [-0.1, -0.05) is 86.5 Å². The lowest BCUT2D eigenvalue weighted by molar-refractivity contribution is -0.154. The minimum absolute atomic E-state index is 0.0882. The molecule has 3 atom stereocenters. The molecule has 0 N–H and O–H groups in total. The first-order valence-electron chi connectivity index (χ1n) is 9.58. The summed E-state index contributed by atoms with van der Waals surface area (Å²) in [7, 11) is 0. The molecule has 0 spiro atoms. The molecule has 1 fully saturated rings. The molecular formula is C23H21Br2NO3. The Morgan fingerprint density at radius 1 is 1.03 bits per heavy atom. The molecule has 2 aliphatic rings. The van der Waals surface area contributed by atoms with Crippen LogP contribution in [0, 0.1) is 11.3 Å². The van der Waals surface area contributed by atoms with Gasteiger partial charge in [0.2, 0.25) is 0 Å². The first-order chi connectivity index (χ1) is 13.9. The van der Waals surface area contributed by atoms with Gasteiger partial charge in [-0.05, 0) is 31.0 Å². The molecule has 29 heavy (non-hydrogen) atoms. The van der Waals surface area contributed by atoms with E-state index in [1.165, 1.54) is 0 Å². The topological polar surface area (TPSA) is 46.6 Å². The van der Waals surface area contributed by atoms with Crippen LogP contribution in [0.15, 0.2) is 72.9 Å². The van der Waals surface area contributed by atoms with Crippen LogP contribution in [0.3, 0.4) is 0 Å². The summed E-state index contributed by atoms with van der Waals surface area (Å²) in [4.78, 5) is 28.0. The fourth-order valence-electron chi connectivity index (χ4n) is 4.25. The van der Waals surface area contributed by atoms with Crippen molar-refractivity contribution < 1.29 is 14.3 Å². The highest BCUT2D eigenvalue weighted by atomic mass is 79.9. The lowest BCUT2D eigenvalue weighted by atomic mass is 9.75. The Kier molecular flexibility index (Phi) is 5.42. The third-order valence-corrected chi connectivity index (χ3v) is 7.58. The van der Waals surface area contributed by atoms with Gasteiger partial charge in [0, 0.05) is 17.7 Å². The molecule has 4 nitrogen and oxygen atoms in total. The Labute approximate surface area is 187 Å². The number of rotatable bonds is 5. The van der Waals surface area contributed by atoms with Gasteiger partial charge in [-0.2, -0.15) is 0 Å². The third kappa shape index (κ3) is 3.46. The number of ether oxygens (including phenoxy) is 1. The van der Waals surface area contributed by atoms with E-state index in [1.807, 2.05) is 61.5 Å². The minimum atomic E-state index is -0.859. The summed E-state index contributed by atoms with van der Waals surface area (Å²) in [6, 6.07) is 18.9. The molecule has 1 heterocycles. The minimum Gasteiger partial charge on any atom is -0.465 e. The van der Waals surface area contributed by atoms with Gasteiger partial charge in [-0.25, -0.2) is 0 Å². The van der Waals surface area contributed by atoms with Crippen LogP contribution >= 0.6 is 31.9 Å². The fraction of sp³-hybridized carbons (Fsp3) is 0.304. The quantitative estimate of drug-likeness (QED) is 0.416. The van der Waals surface area contributed by atoms with Crippen LogP contribution in [-0.4, -0.2) is 32.7 Å².